The summed E-state index contributed by atoms with van der Waals surface area (Å²) in [5, 5.41) is 0. The van der Waals surface area contributed by atoms with E-state index in [2.05, 4.69) is 63.1 Å². The quantitative estimate of drug-likeness (QED) is 0.558. The molecule has 0 saturated carbocycles. The molecule has 4 nitrogen and oxygen atoms in total. The normalized spacial score (nSPS) is 16.6. The number of hydrogen-bond donors (Lipinski definition) is 0. The summed E-state index contributed by atoms with van der Waals surface area (Å²) in [6.45, 7) is 8.50. The first-order chi connectivity index (χ1) is 14.4. The van der Waals surface area contributed by atoms with E-state index in [-0.39, 0.29) is 6.23 Å². The van der Waals surface area contributed by atoms with Crippen LogP contribution in [0.1, 0.15) is 43.4 Å². The van der Waals surface area contributed by atoms with Gasteiger partial charge in [0.1, 0.15) is 11.5 Å². The van der Waals surface area contributed by atoms with Crippen molar-refractivity contribution in [3.63, 3.8) is 0 Å². The average Bonchev–Trinajstić information content (AvgIpc) is 2.74. The van der Waals surface area contributed by atoms with Gasteiger partial charge in [-0.2, -0.15) is 0 Å². The number of rotatable bonds is 7. The van der Waals surface area contributed by atoms with Crippen molar-refractivity contribution in [2.45, 2.75) is 46.8 Å². The van der Waals surface area contributed by atoms with Crippen LogP contribution in [-0.2, 0) is 4.74 Å². The molecule has 3 rings (SSSR count). The highest BCUT2D eigenvalue weighted by atomic mass is 16.5. The molecule has 0 saturated heterocycles. The van der Waals surface area contributed by atoms with Crippen LogP contribution in [0.25, 0.3) is 5.57 Å². The molecule has 30 heavy (non-hydrogen) atoms. The Kier molecular flexibility index (Phi) is 6.88. The number of ether oxygens (including phenoxy) is 3. The van der Waals surface area contributed by atoms with Gasteiger partial charge in [0.15, 0.2) is 6.23 Å². The van der Waals surface area contributed by atoms with Crippen molar-refractivity contribution in [2.75, 3.05) is 26.2 Å². The first kappa shape index (κ1) is 22.0. The van der Waals surface area contributed by atoms with Crippen LogP contribution < -0.4 is 14.4 Å². The minimum Gasteiger partial charge on any atom is -0.496 e. The van der Waals surface area contributed by atoms with Crippen molar-refractivity contribution in [3.8, 4) is 11.5 Å². The molecule has 4 heteroatoms. The predicted molar refractivity (Wildman–Crippen MR) is 123 cm³/mol. The molecule has 0 fully saturated rings. The highest BCUT2D eigenvalue weighted by Gasteiger charge is 2.31. The van der Waals surface area contributed by atoms with Gasteiger partial charge in [-0.15, -0.1) is 0 Å². The van der Waals surface area contributed by atoms with E-state index in [1.807, 2.05) is 12.1 Å². The summed E-state index contributed by atoms with van der Waals surface area (Å²) >= 11 is 0. The fourth-order valence-electron chi connectivity index (χ4n) is 4.10. The van der Waals surface area contributed by atoms with E-state index in [4.69, 9.17) is 14.2 Å². The molecule has 1 aliphatic rings. The molecule has 2 aromatic carbocycles. The molecular formula is C26H32NO3. The van der Waals surface area contributed by atoms with Crippen LogP contribution >= 0.6 is 0 Å². The van der Waals surface area contributed by atoms with Crippen molar-refractivity contribution in [1.29, 1.82) is 0 Å². The third-order valence-corrected chi connectivity index (χ3v) is 5.68. The summed E-state index contributed by atoms with van der Waals surface area (Å²) < 4.78 is 17.0. The van der Waals surface area contributed by atoms with E-state index in [0.717, 1.165) is 46.7 Å². The summed E-state index contributed by atoms with van der Waals surface area (Å²) in [6, 6.07) is 12.5. The van der Waals surface area contributed by atoms with E-state index >= 15 is 0 Å². The van der Waals surface area contributed by atoms with Crippen LogP contribution in [0.2, 0.25) is 0 Å². The molecule has 0 bridgehead atoms. The second-order valence-corrected chi connectivity index (χ2v) is 7.68. The monoisotopic (exact) mass is 406 g/mol. The van der Waals surface area contributed by atoms with Crippen LogP contribution in [0, 0.1) is 20.0 Å². The number of hydrogen-bond acceptors (Lipinski definition) is 4. The fraction of sp³-hybridized carbons (Fsp3) is 0.385. The number of allylic oxidation sites excluding steroid dienone is 2. The van der Waals surface area contributed by atoms with E-state index in [0.29, 0.717) is 0 Å². The third kappa shape index (κ3) is 4.10. The Labute approximate surface area is 180 Å². The first-order valence-electron chi connectivity index (χ1n) is 10.4. The van der Waals surface area contributed by atoms with Gasteiger partial charge in [0.25, 0.3) is 0 Å². The lowest BCUT2D eigenvalue weighted by Gasteiger charge is -2.37. The summed E-state index contributed by atoms with van der Waals surface area (Å²) in [4.78, 5) is 2.11. The van der Waals surface area contributed by atoms with E-state index in [1.165, 1.54) is 16.7 Å². The lowest BCUT2D eigenvalue weighted by atomic mass is 9.88. The molecule has 1 radical (unpaired) electrons. The van der Waals surface area contributed by atoms with Crippen molar-refractivity contribution in [1.82, 2.24) is 0 Å². The SMILES string of the molecule is CCCC1=[C]N(c2ccc(OC)c(C)c2)C(OC)C(c2ccc(OC)c(C)c2)=C1C. The summed E-state index contributed by atoms with van der Waals surface area (Å²) in [6.07, 6.45) is 5.37. The largest absolute Gasteiger partial charge is 0.496 e. The van der Waals surface area contributed by atoms with Crippen molar-refractivity contribution < 1.29 is 14.2 Å². The Hall–Kier alpha value is -2.72. The van der Waals surface area contributed by atoms with Gasteiger partial charge in [-0.05, 0) is 85.4 Å². The molecule has 1 heterocycles. The second kappa shape index (κ2) is 9.40. The van der Waals surface area contributed by atoms with Gasteiger partial charge in [0.05, 0.1) is 20.4 Å². The minimum atomic E-state index is -0.272. The van der Waals surface area contributed by atoms with Crippen molar-refractivity contribution >= 4 is 11.3 Å². The van der Waals surface area contributed by atoms with Crippen LogP contribution in [0.4, 0.5) is 5.69 Å². The van der Waals surface area contributed by atoms with Gasteiger partial charge in [-0.1, -0.05) is 19.4 Å². The maximum atomic E-state index is 6.04. The first-order valence-corrected chi connectivity index (χ1v) is 10.4. The predicted octanol–water partition coefficient (Wildman–Crippen LogP) is 6.07. The summed E-state index contributed by atoms with van der Waals surface area (Å²) in [5.74, 6) is 1.76. The lowest BCUT2D eigenvalue weighted by molar-refractivity contribution is 0.149. The molecule has 159 valence electrons. The zero-order valence-corrected chi connectivity index (χ0v) is 19.1. The Bertz CT molecular complexity index is 974. The highest BCUT2D eigenvalue weighted by molar-refractivity contribution is 5.80. The fourth-order valence-corrected chi connectivity index (χ4v) is 4.10. The third-order valence-electron chi connectivity index (χ3n) is 5.68. The zero-order valence-electron chi connectivity index (χ0n) is 19.1. The molecule has 2 aromatic rings. The van der Waals surface area contributed by atoms with Crippen LogP contribution in [0.5, 0.6) is 11.5 Å². The molecule has 0 aromatic heterocycles. The molecule has 0 amide bonds. The molecule has 1 unspecified atom stereocenters. The standard InChI is InChI=1S/C26H32NO3/c1-8-9-21-16-27(22-11-13-24(29-6)18(3)15-22)26(30-7)25(19(21)4)20-10-12-23(28-5)17(2)14-20/h10-15,26H,8-9H2,1-7H3. The Morgan fingerprint density at radius 2 is 1.53 bits per heavy atom. The number of aryl methyl sites for hydroxylation is 2. The van der Waals surface area contributed by atoms with Crippen LogP contribution in [0.3, 0.4) is 0 Å². The topological polar surface area (TPSA) is 30.9 Å². The molecule has 0 spiro atoms. The zero-order chi connectivity index (χ0) is 21.8. The molecule has 1 aliphatic heterocycles. The minimum absolute atomic E-state index is 0.272. The van der Waals surface area contributed by atoms with Crippen LogP contribution in [0.15, 0.2) is 47.5 Å². The van der Waals surface area contributed by atoms with Crippen LogP contribution in [-0.4, -0.2) is 27.6 Å². The Morgan fingerprint density at radius 3 is 2.07 bits per heavy atom. The Balaban J connectivity index is 2.15. The van der Waals surface area contributed by atoms with Gasteiger partial charge < -0.3 is 19.1 Å². The number of methoxy groups -OCH3 is 3. The molecule has 1 atom stereocenters. The van der Waals surface area contributed by atoms with Crippen molar-refractivity contribution in [3.05, 3.63) is 70.4 Å². The summed E-state index contributed by atoms with van der Waals surface area (Å²) in [7, 11) is 5.16. The lowest BCUT2D eigenvalue weighted by Crippen LogP contribution is -2.37. The summed E-state index contributed by atoms with van der Waals surface area (Å²) in [5.41, 5.74) is 7.97. The smallest absolute Gasteiger partial charge is 0.161 e. The Morgan fingerprint density at radius 1 is 0.900 bits per heavy atom. The maximum Gasteiger partial charge on any atom is 0.161 e. The molecule has 0 aliphatic carbocycles. The van der Waals surface area contributed by atoms with Gasteiger partial charge in [-0.25, -0.2) is 0 Å². The van der Waals surface area contributed by atoms with E-state index < -0.39 is 0 Å². The van der Waals surface area contributed by atoms with E-state index in [1.54, 1.807) is 21.3 Å². The maximum absolute atomic E-state index is 6.04. The molecular weight excluding hydrogens is 374 g/mol. The van der Waals surface area contributed by atoms with E-state index in [9.17, 15) is 0 Å². The molecule has 0 N–H and O–H groups in total. The number of nitrogens with zero attached hydrogens (tertiary/aromatic N) is 1. The highest BCUT2D eigenvalue weighted by Crippen LogP contribution is 2.39. The second-order valence-electron chi connectivity index (χ2n) is 7.68. The van der Waals surface area contributed by atoms with Gasteiger partial charge in [-0.3, -0.25) is 0 Å². The van der Waals surface area contributed by atoms with Gasteiger partial charge in [0, 0.05) is 18.4 Å². The van der Waals surface area contributed by atoms with Crippen molar-refractivity contribution in [2.24, 2.45) is 0 Å². The average molecular weight is 407 g/mol. The van der Waals surface area contributed by atoms with Gasteiger partial charge >= 0.3 is 0 Å². The number of benzene rings is 2. The number of anilines is 1. The van der Waals surface area contributed by atoms with Gasteiger partial charge in [0.2, 0.25) is 0 Å².